The number of azo groups is 1. The number of rotatable bonds is 3. The Labute approximate surface area is 132 Å². The largest absolute Gasteiger partial charge is 0.275 e. The van der Waals surface area contributed by atoms with Crippen LogP contribution in [0.5, 0.6) is 0 Å². The van der Waals surface area contributed by atoms with Crippen LogP contribution in [-0.2, 0) is 4.79 Å². The van der Waals surface area contributed by atoms with Crippen LogP contribution in [0.4, 0.5) is 5.69 Å². The van der Waals surface area contributed by atoms with E-state index < -0.39 is 6.04 Å². The van der Waals surface area contributed by atoms with Gasteiger partial charge in [-0.05, 0) is 24.3 Å². The summed E-state index contributed by atoms with van der Waals surface area (Å²) in [4.78, 5) is 12.2. The van der Waals surface area contributed by atoms with Gasteiger partial charge in [-0.3, -0.25) is 4.79 Å². The van der Waals surface area contributed by atoms with Gasteiger partial charge in [0.25, 0.3) is 5.91 Å². The van der Waals surface area contributed by atoms with E-state index in [1.165, 1.54) is 5.01 Å². The lowest BCUT2D eigenvalue weighted by molar-refractivity contribution is -0.128. The lowest BCUT2D eigenvalue weighted by Gasteiger charge is -2.05. The summed E-state index contributed by atoms with van der Waals surface area (Å²) < 4.78 is 0. The van der Waals surface area contributed by atoms with E-state index in [2.05, 4.69) is 15.3 Å². The normalized spacial score (nSPS) is 18.1. The minimum atomic E-state index is -0.719. The quantitative estimate of drug-likeness (QED) is 0.798. The number of hydrazone groups is 1. The standard InChI is InChI=1S/C16H13ClN4O/c1-21-16(22)15(14(20-21)11-5-3-2-4-6-11)19-18-13-9-7-12(17)8-10-13/h2-10,15H,1H3. The van der Waals surface area contributed by atoms with Crippen molar-refractivity contribution < 1.29 is 4.79 Å². The Hall–Kier alpha value is -2.53. The highest BCUT2D eigenvalue weighted by Crippen LogP contribution is 2.21. The first-order valence-electron chi connectivity index (χ1n) is 6.73. The van der Waals surface area contributed by atoms with Gasteiger partial charge in [-0.15, -0.1) is 0 Å². The van der Waals surface area contributed by atoms with Gasteiger partial charge in [0.1, 0.15) is 5.71 Å². The first-order chi connectivity index (χ1) is 10.6. The number of amides is 1. The molecule has 0 saturated heterocycles. The minimum absolute atomic E-state index is 0.198. The van der Waals surface area contributed by atoms with Crippen molar-refractivity contribution in [1.29, 1.82) is 0 Å². The fraction of sp³-hybridized carbons (Fsp3) is 0.125. The molecule has 22 heavy (non-hydrogen) atoms. The van der Waals surface area contributed by atoms with Gasteiger partial charge in [0.05, 0.1) is 5.69 Å². The summed E-state index contributed by atoms with van der Waals surface area (Å²) in [7, 11) is 1.61. The zero-order valence-corrected chi connectivity index (χ0v) is 12.6. The van der Waals surface area contributed by atoms with Gasteiger partial charge in [0.15, 0.2) is 6.04 Å². The molecule has 0 saturated carbocycles. The number of hydrogen-bond acceptors (Lipinski definition) is 4. The van der Waals surface area contributed by atoms with E-state index >= 15 is 0 Å². The molecular formula is C16H13ClN4O. The molecule has 6 heteroatoms. The summed E-state index contributed by atoms with van der Waals surface area (Å²) in [6, 6.07) is 15.7. The second kappa shape index (κ2) is 6.07. The molecule has 3 rings (SSSR count). The maximum absolute atomic E-state index is 12.2. The van der Waals surface area contributed by atoms with Crippen LogP contribution >= 0.6 is 11.6 Å². The molecule has 1 amide bonds. The second-order valence-electron chi connectivity index (χ2n) is 4.81. The zero-order chi connectivity index (χ0) is 15.5. The Morgan fingerprint density at radius 3 is 2.45 bits per heavy atom. The van der Waals surface area contributed by atoms with Crippen LogP contribution in [0.3, 0.4) is 0 Å². The lowest BCUT2D eigenvalue weighted by Crippen LogP contribution is -2.28. The van der Waals surface area contributed by atoms with Crippen molar-refractivity contribution in [2.75, 3.05) is 7.05 Å². The van der Waals surface area contributed by atoms with Gasteiger partial charge in [0, 0.05) is 17.6 Å². The van der Waals surface area contributed by atoms with Crippen LogP contribution in [0, 0.1) is 0 Å². The van der Waals surface area contributed by atoms with Gasteiger partial charge in [-0.1, -0.05) is 41.9 Å². The number of halogens is 1. The Bertz CT molecular complexity index is 741. The molecule has 5 nitrogen and oxygen atoms in total. The van der Waals surface area contributed by atoms with Crippen molar-refractivity contribution in [1.82, 2.24) is 5.01 Å². The third-order valence-corrected chi connectivity index (χ3v) is 3.51. The maximum atomic E-state index is 12.2. The topological polar surface area (TPSA) is 57.4 Å². The predicted molar refractivity (Wildman–Crippen MR) is 85.5 cm³/mol. The third kappa shape index (κ3) is 2.89. The summed E-state index contributed by atoms with van der Waals surface area (Å²) >= 11 is 5.83. The van der Waals surface area contributed by atoms with Crippen LogP contribution in [0.2, 0.25) is 5.02 Å². The highest BCUT2D eigenvalue weighted by Gasteiger charge is 2.34. The molecule has 110 valence electrons. The molecule has 0 bridgehead atoms. The van der Waals surface area contributed by atoms with Crippen molar-refractivity contribution in [3.63, 3.8) is 0 Å². The number of carbonyl (C=O) groups excluding carboxylic acids is 1. The van der Waals surface area contributed by atoms with Crippen molar-refractivity contribution >= 4 is 28.9 Å². The number of benzene rings is 2. The van der Waals surface area contributed by atoms with Crippen LogP contribution in [0.25, 0.3) is 0 Å². The molecule has 1 heterocycles. The van der Waals surface area contributed by atoms with E-state index in [0.29, 0.717) is 16.4 Å². The summed E-state index contributed by atoms with van der Waals surface area (Å²) in [6.07, 6.45) is 0. The Kier molecular flexibility index (Phi) is 3.98. The average molecular weight is 313 g/mol. The molecule has 0 spiro atoms. The van der Waals surface area contributed by atoms with Gasteiger partial charge in [-0.25, -0.2) is 5.01 Å². The van der Waals surface area contributed by atoms with E-state index in [1.54, 1.807) is 31.3 Å². The third-order valence-electron chi connectivity index (χ3n) is 3.25. The molecule has 0 aliphatic carbocycles. The number of nitrogens with zero attached hydrogens (tertiary/aromatic N) is 4. The van der Waals surface area contributed by atoms with E-state index in [-0.39, 0.29) is 5.91 Å². The molecule has 1 unspecified atom stereocenters. The van der Waals surface area contributed by atoms with E-state index in [4.69, 9.17) is 11.6 Å². The molecule has 2 aromatic rings. The van der Waals surface area contributed by atoms with E-state index in [9.17, 15) is 4.79 Å². The molecule has 0 fully saturated rings. The second-order valence-corrected chi connectivity index (χ2v) is 5.24. The first-order valence-corrected chi connectivity index (χ1v) is 7.11. The molecular weight excluding hydrogens is 300 g/mol. The summed E-state index contributed by atoms with van der Waals surface area (Å²) in [5, 5.41) is 14.5. The van der Waals surface area contributed by atoms with E-state index in [1.807, 2.05) is 30.3 Å². The number of likely N-dealkylation sites (N-methyl/N-ethyl adjacent to an activating group) is 1. The van der Waals surface area contributed by atoms with Crippen molar-refractivity contribution in [3.05, 3.63) is 65.2 Å². The first kappa shape index (κ1) is 14.4. The van der Waals surface area contributed by atoms with Crippen LogP contribution in [0.1, 0.15) is 5.56 Å². The minimum Gasteiger partial charge on any atom is -0.270 e. The molecule has 1 aliphatic heterocycles. The summed E-state index contributed by atoms with van der Waals surface area (Å²) in [5.41, 5.74) is 2.10. The molecule has 2 aromatic carbocycles. The van der Waals surface area contributed by atoms with Crippen LogP contribution < -0.4 is 0 Å². The maximum Gasteiger partial charge on any atom is 0.275 e. The highest BCUT2D eigenvalue weighted by atomic mass is 35.5. The Balaban J connectivity index is 1.89. The van der Waals surface area contributed by atoms with Gasteiger partial charge < -0.3 is 0 Å². The van der Waals surface area contributed by atoms with Crippen molar-refractivity contribution in [3.8, 4) is 0 Å². The zero-order valence-electron chi connectivity index (χ0n) is 11.8. The highest BCUT2D eigenvalue weighted by molar-refractivity contribution is 6.30. The number of hydrogen-bond donors (Lipinski definition) is 0. The molecule has 1 atom stereocenters. The summed E-state index contributed by atoms with van der Waals surface area (Å²) in [6.45, 7) is 0. The van der Waals surface area contributed by atoms with Crippen molar-refractivity contribution in [2.45, 2.75) is 6.04 Å². The van der Waals surface area contributed by atoms with Gasteiger partial charge in [-0.2, -0.15) is 15.3 Å². The SMILES string of the molecule is CN1N=C(c2ccccc2)C(N=Nc2ccc(Cl)cc2)C1=O. The number of carbonyl (C=O) groups is 1. The summed E-state index contributed by atoms with van der Waals surface area (Å²) in [5.74, 6) is -0.198. The Morgan fingerprint density at radius 2 is 1.77 bits per heavy atom. The monoisotopic (exact) mass is 312 g/mol. The molecule has 0 radical (unpaired) electrons. The van der Waals surface area contributed by atoms with Crippen LogP contribution in [-0.4, -0.2) is 29.7 Å². The fourth-order valence-electron chi connectivity index (χ4n) is 2.12. The van der Waals surface area contributed by atoms with Gasteiger partial charge in [0.2, 0.25) is 0 Å². The average Bonchev–Trinajstić information content (AvgIpc) is 2.83. The predicted octanol–water partition coefficient (Wildman–Crippen LogP) is 3.67. The van der Waals surface area contributed by atoms with Crippen LogP contribution in [0.15, 0.2) is 69.9 Å². The van der Waals surface area contributed by atoms with E-state index in [0.717, 1.165) is 5.56 Å². The molecule has 1 aliphatic rings. The Morgan fingerprint density at radius 1 is 1.09 bits per heavy atom. The fourth-order valence-corrected chi connectivity index (χ4v) is 2.25. The molecule has 0 N–H and O–H groups in total. The lowest BCUT2D eigenvalue weighted by atomic mass is 10.0. The van der Waals surface area contributed by atoms with Gasteiger partial charge >= 0.3 is 0 Å². The molecule has 0 aromatic heterocycles. The smallest absolute Gasteiger partial charge is 0.270 e. The van der Waals surface area contributed by atoms with Crippen molar-refractivity contribution in [2.24, 2.45) is 15.3 Å².